The molecule has 0 aliphatic carbocycles. The first-order chi connectivity index (χ1) is 7.48. The molecule has 0 aliphatic rings. The number of hydrogen-bond acceptors (Lipinski definition) is 3. The Labute approximate surface area is 97.7 Å². The number of carboxylic acid groups (broad SMARTS) is 1. The summed E-state index contributed by atoms with van der Waals surface area (Å²) < 4.78 is 0. The van der Waals surface area contributed by atoms with Crippen molar-refractivity contribution in [1.82, 2.24) is 5.32 Å². The molecule has 0 aliphatic heterocycles. The van der Waals surface area contributed by atoms with Gasteiger partial charge in [-0.05, 0) is 37.8 Å². The molecule has 4 nitrogen and oxygen atoms in total. The number of aliphatic carboxylic acids is 1. The molecule has 0 atom stereocenters. The molecule has 0 spiro atoms. The maximum absolute atomic E-state index is 10.4. The second-order valence-corrected chi connectivity index (χ2v) is 4.82. The predicted molar refractivity (Wildman–Crippen MR) is 63.0 cm³/mol. The van der Waals surface area contributed by atoms with Gasteiger partial charge in [-0.15, -0.1) is 0 Å². The second-order valence-electron chi connectivity index (χ2n) is 4.82. The number of nitrogens with zero attached hydrogens (tertiary/aromatic N) is 1. The van der Waals surface area contributed by atoms with E-state index >= 15 is 0 Å². The van der Waals surface area contributed by atoms with Crippen molar-refractivity contribution in [2.24, 2.45) is 5.41 Å². The van der Waals surface area contributed by atoms with E-state index in [0.29, 0.717) is 12.8 Å². The minimum atomic E-state index is -0.727. The molecule has 0 fully saturated rings. The van der Waals surface area contributed by atoms with Crippen LogP contribution in [0.4, 0.5) is 0 Å². The van der Waals surface area contributed by atoms with E-state index in [1.54, 1.807) is 0 Å². The standard InChI is InChI=1S/C12H22N2O2/c1-12(2,6-5-11(15)16)7-10-14-9-4-3-8-13/h14H,3-7,9-10H2,1-2H3,(H,15,16). The molecule has 0 saturated carbocycles. The van der Waals surface area contributed by atoms with Crippen LogP contribution in [0.1, 0.15) is 46.0 Å². The first-order valence-electron chi connectivity index (χ1n) is 5.77. The van der Waals surface area contributed by atoms with Crippen LogP contribution in [-0.2, 0) is 4.79 Å². The number of nitrogens with one attached hydrogen (secondary N) is 1. The molecule has 0 unspecified atom stereocenters. The zero-order valence-electron chi connectivity index (χ0n) is 10.3. The Hall–Kier alpha value is -1.08. The van der Waals surface area contributed by atoms with Crippen LogP contribution < -0.4 is 5.32 Å². The van der Waals surface area contributed by atoms with E-state index in [4.69, 9.17) is 10.4 Å². The molecule has 0 aromatic heterocycles. The average molecular weight is 226 g/mol. The summed E-state index contributed by atoms with van der Waals surface area (Å²) in [5, 5.41) is 20.2. The summed E-state index contributed by atoms with van der Waals surface area (Å²) in [6.45, 7) is 5.93. The van der Waals surface area contributed by atoms with Gasteiger partial charge in [0.05, 0.1) is 6.07 Å². The van der Waals surface area contributed by atoms with Crippen LogP contribution in [-0.4, -0.2) is 24.2 Å². The highest BCUT2D eigenvalue weighted by molar-refractivity contribution is 5.66. The summed E-state index contributed by atoms with van der Waals surface area (Å²) in [5.41, 5.74) is 0.0701. The molecule has 0 bridgehead atoms. The third kappa shape index (κ3) is 9.47. The molecule has 16 heavy (non-hydrogen) atoms. The van der Waals surface area contributed by atoms with Gasteiger partial charge in [-0.1, -0.05) is 13.8 Å². The van der Waals surface area contributed by atoms with Gasteiger partial charge in [-0.2, -0.15) is 5.26 Å². The molecule has 2 N–H and O–H groups in total. The molecular weight excluding hydrogens is 204 g/mol. The van der Waals surface area contributed by atoms with E-state index in [9.17, 15) is 4.79 Å². The summed E-state index contributed by atoms with van der Waals surface area (Å²) in [5.74, 6) is -0.727. The number of rotatable bonds is 9. The first kappa shape index (κ1) is 14.9. The van der Waals surface area contributed by atoms with Gasteiger partial charge in [0.2, 0.25) is 0 Å². The quantitative estimate of drug-likeness (QED) is 0.591. The van der Waals surface area contributed by atoms with Crippen molar-refractivity contribution in [3.05, 3.63) is 0 Å². The molecule has 4 heteroatoms. The average Bonchev–Trinajstić information content (AvgIpc) is 2.21. The predicted octanol–water partition coefficient (Wildman–Crippen LogP) is 2.16. The molecule has 0 radical (unpaired) electrons. The number of hydrogen-bond donors (Lipinski definition) is 2. The van der Waals surface area contributed by atoms with Crippen molar-refractivity contribution in [2.75, 3.05) is 13.1 Å². The Morgan fingerprint density at radius 2 is 2.06 bits per heavy atom. The lowest BCUT2D eigenvalue weighted by molar-refractivity contribution is -0.137. The highest BCUT2D eigenvalue weighted by atomic mass is 16.4. The fourth-order valence-electron chi connectivity index (χ4n) is 1.41. The van der Waals surface area contributed by atoms with E-state index in [1.165, 1.54) is 0 Å². The van der Waals surface area contributed by atoms with Crippen molar-refractivity contribution in [3.8, 4) is 6.07 Å². The Balaban J connectivity index is 3.50. The fraction of sp³-hybridized carbons (Fsp3) is 0.833. The van der Waals surface area contributed by atoms with Crippen molar-refractivity contribution in [2.45, 2.75) is 46.0 Å². The van der Waals surface area contributed by atoms with Crippen LogP contribution in [0.25, 0.3) is 0 Å². The summed E-state index contributed by atoms with van der Waals surface area (Å²) >= 11 is 0. The van der Waals surface area contributed by atoms with Crippen molar-refractivity contribution in [1.29, 1.82) is 5.26 Å². The third-order valence-electron chi connectivity index (χ3n) is 2.64. The van der Waals surface area contributed by atoms with E-state index in [2.05, 4.69) is 25.2 Å². The summed E-state index contributed by atoms with van der Waals surface area (Å²) in [7, 11) is 0. The number of carbonyl (C=O) groups is 1. The SMILES string of the molecule is CC(C)(CCNCCCC#N)CCC(=O)O. The van der Waals surface area contributed by atoms with Crippen molar-refractivity contribution < 1.29 is 9.90 Å². The molecule has 0 aromatic carbocycles. The lowest BCUT2D eigenvalue weighted by atomic mass is 9.84. The minimum absolute atomic E-state index is 0.0701. The zero-order valence-corrected chi connectivity index (χ0v) is 10.3. The van der Waals surface area contributed by atoms with Gasteiger partial charge in [0.1, 0.15) is 0 Å². The van der Waals surface area contributed by atoms with Crippen LogP contribution in [0, 0.1) is 16.7 Å². The van der Waals surface area contributed by atoms with Gasteiger partial charge in [-0.3, -0.25) is 4.79 Å². The lowest BCUT2D eigenvalue weighted by Crippen LogP contribution is -2.23. The van der Waals surface area contributed by atoms with E-state index < -0.39 is 5.97 Å². The van der Waals surface area contributed by atoms with Gasteiger partial charge in [0.25, 0.3) is 0 Å². The normalized spacial score (nSPS) is 11.1. The number of nitriles is 1. The van der Waals surface area contributed by atoms with Gasteiger partial charge < -0.3 is 10.4 Å². The number of unbranched alkanes of at least 4 members (excludes halogenated alkanes) is 1. The van der Waals surface area contributed by atoms with Crippen LogP contribution in [0.5, 0.6) is 0 Å². The Bertz CT molecular complexity index is 244. The molecule has 0 amide bonds. The topological polar surface area (TPSA) is 73.1 Å². The Morgan fingerprint density at radius 1 is 1.38 bits per heavy atom. The molecule has 0 rings (SSSR count). The molecule has 0 saturated heterocycles. The lowest BCUT2D eigenvalue weighted by Gasteiger charge is -2.23. The summed E-state index contributed by atoms with van der Waals surface area (Å²) in [4.78, 5) is 10.4. The Kier molecular flexibility index (Phi) is 7.57. The highest BCUT2D eigenvalue weighted by Crippen LogP contribution is 2.25. The fourth-order valence-corrected chi connectivity index (χ4v) is 1.41. The van der Waals surface area contributed by atoms with Crippen LogP contribution in [0.2, 0.25) is 0 Å². The van der Waals surface area contributed by atoms with Crippen LogP contribution >= 0.6 is 0 Å². The Morgan fingerprint density at radius 3 is 2.62 bits per heavy atom. The summed E-state index contributed by atoms with van der Waals surface area (Å²) in [6, 6.07) is 2.10. The number of carboxylic acids is 1. The molecular formula is C12H22N2O2. The van der Waals surface area contributed by atoms with Gasteiger partial charge in [0, 0.05) is 12.8 Å². The maximum Gasteiger partial charge on any atom is 0.303 e. The van der Waals surface area contributed by atoms with E-state index in [-0.39, 0.29) is 11.8 Å². The van der Waals surface area contributed by atoms with Crippen molar-refractivity contribution >= 4 is 5.97 Å². The van der Waals surface area contributed by atoms with E-state index in [1.807, 2.05) is 0 Å². The van der Waals surface area contributed by atoms with Gasteiger partial charge >= 0.3 is 5.97 Å². The molecule has 0 heterocycles. The first-order valence-corrected chi connectivity index (χ1v) is 5.77. The second kappa shape index (κ2) is 8.12. The minimum Gasteiger partial charge on any atom is -0.481 e. The monoisotopic (exact) mass is 226 g/mol. The van der Waals surface area contributed by atoms with Gasteiger partial charge in [0.15, 0.2) is 0 Å². The largest absolute Gasteiger partial charge is 0.481 e. The third-order valence-corrected chi connectivity index (χ3v) is 2.64. The van der Waals surface area contributed by atoms with Crippen molar-refractivity contribution in [3.63, 3.8) is 0 Å². The highest BCUT2D eigenvalue weighted by Gasteiger charge is 2.18. The van der Waals surface area contributed by atoms with Crippen LogP contribution in [0.15, 0.2) is 0 Å². The summed E-state index contributed by atoms with van der Waals surface area (Å²) in [6.07, 6.45) is 3.39. The van der Waals surface area contributed by atoms with E-state index in [0.717, 1.165) is 25.9 Å². The van der Waals surface area contributed by atoms with Gasteiger partial charge in [-0.25, -0.2) is 0 Å². The zero-order chi connectivity index (χ0) is 12.4. The molecule has 0 aromatic rings. The van der Waals surface area contributed by atoms with Crippen LogP contribution in [0.3, 0.4) is 0 Å². The molecule has 92 valence electrons. The maximum atomic E-state index is 10.4. The smallest absolute Gasteiger partial charge is 0.303 e.